The second kappa shape index (κ2) is 8.31. The normalized spacial score (nSPS) is 12.5. The first kappa shape index (κ1) is 18.5. The number of thiophene rings is 1. The number of aryl methyl sites for hydroxylation is 1. The Morgan fingerprint density at radius 3 is 2.54 bits per heavy atom. The molecule has 2 rings (SSSR count). The summed E-state index contributed by atoms with van der Waals surface area (Å²) in [5.41, 5.74) is 3.16. The van der Waals surface area contributed by atoms with Gasteiger partial charge >= 0.3 is 6.03 Å². The molecule has 2 aromatic rings. The Kier molecular flexibility index (Phi) is 6.40. The van der Waals surface area contributed by atoms with E-state index in [1.54, 1.807) is 11.3 Å². The molecule has 2 amide bonds. The minimum atomic E-state index is -0.158. The number of rotatable bonds is 6. The number of nitrogens with zero attached hydrogens (tertiary/aromatic N) is 1. The molecule has 0 spiro atoms. The van der Waals surface area contributed by atoms with Crippen molar-refractivity contribution in [2.75, 3.05) is 26.0 Å². The molecule has 4 nitrogen and oxygen atoms in total. The highest BCUT2D eigenvalue weighted by Crippen LogP contribution is 2.27. The average Bonchev–Trinajstić information content (AvgIpc) is 3.03. The fraction of sp³-hybridized carbons (Fsp3) is 0.421. The number of para-hydroxylation sites is 1. The van der Waals surface area contributed by atoms with Gasteiger partial charge in [-0.3, -0.25) is 0 Å². The number of benzene rings is 1. The minimum absolute atomic E-state index is 0.158. The van der Waals surface area contributed by atoms with Crippen LogP contribution in [0.4, 0.5) is 10.5 Å². The topological polar surface area (TPSA) is 44.4 Å². The molecule has 5 heteroatoms. The van der Waals surface area contributed by atoms with Gasteiger partial charge in [0.05, 0.1) is 6.04 Å². The molecular weight excluding hydrogens is 318 g/mol. The smallest absolute Gasteiger partial charge is 0.319 e. The van der Waals surface area contributed by atoms with E-state index in [0.29, 0.717) is 12.5 Å². The molecule has 1 unspecified atom stereocenters. The third-order valence-electron chi connectivity index (χ3n) is 4.12. The first-order chi connectivity index (χ1) is 11.4. The number of hydrogen-bond acceptors (Lipinski definition) is 3. The van der Waals surface area contributed by atoms with Crippen molar-refractivity contribution >= 4 is 23.1 Å². The van der Waals surface area contributed by atoms with Gasteiger partial charge in [-0.05, 0) is 49.5 Å². The van der Waals surface area contributed by atoms with Crippen LogP contribution in [0.5, 0.6) is 0 Å². The van der Waals surface area contributed by atoms with E-state index >= 15 is 0 Å². The van der Waals surface area contributed by atoms with Gasteiger partial charge in [0, 0.05) is 17.1 Å². The molecule has 1 heterocycles. The standard InChI is InChI=1S/C19H27N3OS/c1-13(2)15-9-6-8-14(3)18(15)21-19(23)20-12-16(22(4)5)17-10-7-11-24-17/h6-11,13,16H,12H2,1-5H3,(H2,20,21,23). The minimum Gasteiger partial charge on any atom is -0.336 e. The predicted octanol–water partition coefficient (Wildman–Crippen LogP) is 4.60. The second-order valence-electron chi connectivity index (χ2n) is 6.52. The number of amides is 2. The third-order valence-corrected chi connectivity index (χ3v) is 5.09. The monoisotopic (exact) mass is 345 g/mol. The van der Waals surface area contributed by atoms with Gasteiger partial charge in [-0.15, -0.1) is 11.3 Å². The largest absolute Gasteiger partial charge is 0.336 e. The molecule has 0 aliphatic rings. The Bertz CT molecular complexity index is 665. The van der Waals surface area contributed by atoms with Crippen LogP contribution in [0.15, 0.2) is 35.7 Å². The van der Waals surface area contributed by atoms with Crippen LogP contribution < -0.4 is 10.6 Å². The SMILES string of the molecule is Cc1cccc(C(C)C)c1NC(=O)NCC(c1cccs1)N(C)C. The number of anilines is 1. The predicted molar refractivity (Wildman–Crippen MR) is 103 cm³/mol. The number of urea groups is 1. The Hall–Kier alpha value is -1.85. The van der Waals surface area contributed by atoms with Crippen molar-refractivity contribution in [1.29, 1.82) is 0 Å². The number of carbonyl (C=O) groups is 1. The van der Waals surface area contributed by atoms with Crippen molar-refractivity contribution in [1.82, 2.24) is 10.2 Å². The average molecular weight is 346 g/mol. The Labute approximate surface area is 148 Å². The highest BCUT2D eigenvalue weighted by Gasteiger charge is 2.17. The maximum Gasteiger partial charge on any atom is 0.319 e. The Morgan fingerprint density at radius 2 is 1.96 bits per heavy atom. The van der Waals surface area contributed by atoms with Gasteiger partial charge in [0.1, 0.15) is 0 Å². The summed E-state index contributed by atoms with van der Waals surface area (Å²) in [7, 11) is 4.06. The van der Waals surface area contributed by atoms with Crippen LogP contribution in [0.25, 0.3) is 0 Å². The van der Waals surface area contributed by atoms with Crippen LogP contribution in [0.2, 0.25) is 0 Å². The molecule has 0 bridgehead atoms. The molecule has 130 valence electrons. The maximum absolute atomic E-state index is 12.4. The third kappa shape index (κ3) is 4.58. The Morgan fingerprint density at radius 1 is 1.21 bits per heavy atom. The molecule has 0 fully saturated rings. The van der Waals surface area contributed by atoms with Crippen LogP contribution in [0, 0.1) is 6.92 Å². The van der Waals surface area contributed by atoms with Crippen molar-refractivity contribution in [3.05, 3.63) is 51.7 Å². The summed E-state index contributed by atoms with van der Waals surface area (Å²) in [6.45, 7) is 6.87. The van der Waals surface area contributed by atoms with Crippen molar-refractivity contribution in [2.24, 2.45) is 0 Å². The first-order valence-corrected chi connectivity index (χ1v) is 9.12. The molecule has 1 aromatic heterocycles. The van der Waals surface area contributed by atoms with E-state index in [-0.39, 0.29) is 12.1 Å². The zero-order chi connectivity index (χ0) is 17.7. The van der Waals surface area contributed by atoms with Crippen molar-refractivity contribution in [3.63, 3.8) is 0 Å². The van der Waals surface area contributed by atoms with E-state index in [2.05, 4.69) is 46.9 Å². The molecule has 24 heavy (non-hydrogen) atoms. The molecule has 0 saturated heterocycles. The summed E-state index contributed by atoms with van der Waals surface area (Å²) < 4.78 is 0. The fourth-order valence-electron chi connectivity index (χ4n) is 2.71. The molecule has 0 aliphatic heterocycles. The van der Waals surface area contributed by atoms with Crippen LogP contribution in [-0.4, -0.2) is 31.6 Å². The molecule has 1 aromatic carbocycles. The molecule has 1 atom stereocenters. The lowest BCUT2D eigenvalue weighted by Crippen LogP contribution is -2.36. The fourth-order valence-corrected chi connectivity index (χ4v) is 3.63. The molecule has 0 saturated carbocycles. The van der Waals surface area contributed by atoms with E-state index in [4.69, 9.17) is 0 Å². The zero-order valence-electron chi connectivity index (χ0n) is 15.1. The van der Waals surface area contributed by atoms with E-state index in [9.17, 15) is 4.79 Å². The highest BCUT2D eigenvalue weighted by atomic mass is 32.1. The molecular formula is C19H27N3OS. The van der Waals surface area contributed by atoms with Gasteiger partial charge in [0.15, 0.2) is 0 Å². The van der Waals surface area contributed by atoms with Crippen molar-refractivity contribution < 1.29 is 4.79 Å². The van der Waals surface area contributed by atoms with Gasteiger partial charge in [0.25, 0.3) is 0 Å². The number of carbonyl (C=O) groups excluding carboxylic acids is 1. The van der Waals surface area contributed by atoms with E-state index < -0.39 is 0 Å². The Balaban J connectivity index is 2.04. The van der Waals surface area contributed by atoms with E-state index in [1.807, 2.05) is 39.2 Å². The number of nitrogens with one attached hydrogen (secondary N) is 2. The van der Waals surface area contributed by atoms with Crippen LogP contribution in [0.3, 0.4) is 0 Å². The van der Waals surface area contributed by atoms with Crippen molar-refractivity contribution in [2.45, 2.75) is 32.7 Å². The first-order valence-electron chi connectivity index (χ1n) is 8.24. The lowest BCUT2D eigenvalue weighted by Gasteiger charge is -2.24. The van der Waals surface area contributed by atoms with Gasteiger partial charge < -0.3 is 15.5 Å². The quantitative estimate of drug-likeness (QED) is 0.803. The van der Waals surface area contributed by atoms with Crippen molar-refractivity contribution in [3.8, 4) is 0 Å². The molecule has 0 radical (unpaired) electrons. The summed E-state index contributed by atoms with van der Waals surface area (Å²) in [4.78, 5) is 15.8. The summed E-state index contributed by atoms with van der Waals surface area (Å²) >= 11 is 1.71. The summed E-state index contributed by atoms with van der Waals surface area (Å²) in [6, 6.07) is 10.3. The number of hydrogen-bond donors (Lipinski definition) is 2. The van der Waals surface area contributed by atoms with Crippen LogP contribution in [-0.2, 0) is 0 Å². The maximum atomic E-state index is 12.4. The summed E-state index contributed by atoms with van der Waals surface area (Å²) in [5.74, 6) is 0.362. The van der Waals surface area contributed by atoms with Crippen LogP contribution >= 0.6 is 11.3 Å². The van der Waals surface area contributed by atoms with E-state index in [1.165, 1.54) is 4.88 Å². The second-order valence-corrected chi connectivity index (χ2v) is 7.50. The highest BCUT2D eigenvalue weighted by molar-refractivity contribution is 7.10. The lowest BCUT2D eigenvalue weighted by atomic mass is 9.98. The van der Waals surface area contributed by atoms with Gasteiger partial charge in [-0.2, -0.15) is 0 Å². The van der Waals surface area contributed by atoms with Gasteiger partial charge in [0.2, 0.25) is 0 Å². The van der Waals surface area contributed by atoms with Crippen LogP contribution in [0.1, 0.15) is 41.8 Å². The van der Waals surface area contributed by atoms with E-state index in [0.717, 1.165) is 16.8 Å². The summed E-state index contributed by atoms with van der Waals surface area (Å²) in [6.07, 6.45) is 0. The molecule has 0 aliphatic carbocycles. The van der Waals surface area contributed by atoms with Gasteiger partial charge in [-0.25, -0.2) is 4.79 Å². The van der Waals surface area contributed by atoms with Gasteiger partial charge in [-0.1, -0.05) is 38.1 Å². The molecule has 2 N–H and O–H groups in total. The zero-order valence-corrected chi connectivity index (χ0v) is 15.9. The lowest BCUT2D eigenvalue weighted by molar-refractivity contribution is 0.244. The number of likely N-dealkylation sites (N-methyl/N-ethyl adjacent to an activating group) is 1. The summed E-state index contributed by atoms with van der Waals surface area (Å²) in [5, 5.41) is 8.11.